The van der Waals surface area contributed by atoms with Gasteiger partial charge in [-0.3, -0.25) is 4.90 Å². The summed E-state index contributed by atoms with van der Waals surface area (Å²) in [5, 5.41) is 0.932. The number of aromatic nitrogens is 2. The van der Waals surface area contributed by atoms with Crippen molar-refractivity contribution in [1.29, 1.82) is 0 Å². The van der Waals surface area contributed by atoms with E-state index in [1.54, 1.807) is 6.33 Å². The molecule has 0 N–H and O–H groups in total. The van der Waals surface area contributed by atoms with Gasteiger partial charge < -0.3 is 4.57 Å². The standard InChI is InChI=1S/C18H21Cl2N3/c19-17-18(20)23(14-21-17)11-5-4-10-22-12-8-16(9-13-22)15-6-2-1-3-7-15/h1-3,6-8,14H,4-5,9-13H2. The summed E-state index contributed by atoms with van der Waals surface area (Å²) in [6.07, 6.45) is 7.44. The Labute approximate surface area is 147 Å². The van der Waals surface area contributed by atoms with E-state index in [2.05, 4.69) is 46.3 Å². The molecule has 1 aromatic heterocycles. The van der Waals surface area contributed by atoms with Gasteiger partial charge in [0.2, 0.25) is 0 Å². The monoisotopic (exact) mass is 349 g/mol. The summed E-state index contributed by atoms with van der Waals surface area (Å²) in [4.78, 5) is 6.51. The van der Waals surface area contributed by atoms with Crippen molar-refractivity contribution in [2.45, 2.75) is 25.8 Å². The first kappa shape index (κ1) is 16.6. The fourth-order valence-corrected chi connectivity index (χ4v) is 3.27. The molecule has 5 heteroatoms. The lowest BCUT2D eigenvalue weighted by molar-refractivity contribution is 0.292. The van der Waals surface area contributed by atoms with Gasteiger partial charge in [0.25, 0.3) is 0 Å². The number of hydrogen-bond donors (Lipinski definition) is 0. The van der Waals surface area contributed by atoms with Crippen LogP contribution >= 0.6 is 23.2 Å². The molecular weight excluding hydrogens is 329 g/mol. The quantitative estimate of drug-likeness (QED) is 0.701. The van der Waals surface area contributed by atoms with Gasteiger partial charge in [-0.15, -0.1) is 0 Å². The molecule has 0 spiro atoms. The topological polar surface area (TPSA) is 21.1 Å². The molecule has 0 saturated carbocycles. The zero-order valence-electron chi connectivity index (χ0n) is 13.1. The van der Waals surface area contributed by atoms with Gasteiger partial charge in [0.1, 0.15) is 5.15 Å². The molecule has 122 valence electrons. The van der Waals surface area contributed by atoms with E-state index in [1.807, 2.05) is 4.57 Å². The number of benzene rings is 1. The van der Waals surface area contributed by atoms with Gasteiger partial charge in [0, 0.05) is 19.6 Å². The van der Waals surface area contributed by atoms with Gasteiger partial charge in [-0.2, -0.15) is 0 Å². The number of rotatable bonds is 6. The molecule has 0 radical (unpaired) electrons. The molecular formula is C18H21Cl2N3. The predicted molar refractivity (Wildman–Crippen MR) is 97.0 cm³/mol. The fraction of sp³-hybridized carbons (Fsp3) is 0.389. The Balaban J connectivity index is 1.41. The second-order valence-electron chi connectivity index (χ2n) is 5.87. The normalized spacial score (nSPS) is 15.7. The molecule has 0 aliphatic carbocycles. The lowest BCUT2D eigenvalue weighted by Gasteiger charge is -2.26. The molecule has 3 rings (SSSR count). The van der Waals surface area contributed by atoms with E-state index >= 15 is 0 Å². The first-order valence-corrected chi connectivity index (χ1v) is 8.82. The maximum absolute atomic E-state index is 6.06. The third-order valence-electron chi connectivity index (χ3n) is 4.29. The van der Waals surface area contributed by atoms with E-state index in [4.69, 9.17) is 23.2 Å². The van der Waals surface area contributed by atoms with Crippen molar-refractivity contribution in [2.24, 2.45) is 0 Å². The summed E-state index contributed by atoms with van der Waals surface area (Å²) in [5.74, 6) is 0. The van der Waals surface area contributed by atoms with Crippen LogP contribution in [0, 0.1) is 0 Å². The third-order valence-corrected chi connectivity index (χ3v) is 5.06. The number of imidazole rings is 1. The minimum absolute atomic E-state index is 0.390. The van der Waals surface area contributed by atoms with E-state index in [-0.39, 0.29) is 0 Å². The average molecular weight is 350 g/mol. The highest BCUT2D eigenvalue weighted by Gasteiger charge is 2.12. The molecule has 1 aromatic carbocycles. The maximum Gasteiger partial charge on any atom is 0.166 e. The first-order chi connectivity index (χ1) is 11.2. The fourth-order valence-electron chi connectivity index (χ4n) is 2.95. The maximum atomic E-state index is 6.06. The molecule has 3 nitrogen and oxygen atoms in total. The first-order valence-electron chi connectivity index (χ1n) is 8.07. The molecule has 0 amide bonds. The Morgan fingerprint density at radius 1 is 1.04 bits per heavy atom. The molecule has 0 fully saturated rings. The SMILES string of the molecule is Clc1ncn(CCCCN2CC=C(c3ccccc3)CC2)c1Cl. The van der Waals surface area contributed by atoms with Crippen LogP contribution in [0.4, 0.5) is 0 Å². The number of aryl methyl sites for hydroxylation is 1. The van der Waals surface area contributed by atoms with E-state index in [9.17, 15) is 0 Å². The van der Waals surface area contributed by atoms with Crippen molar-refractivity contribution >= 4 is 28.8 Å². The molecule has 0 unspecified atom stereocenters. The van der Waals surface area contributed by atoms with Crippen LogP contribution in [-0.4, -0.2) is 34.1 Å². The van der Waals surface area contributed by atoms with Crippen LogP contribution in [0.25, 0.3) is 5.57 Å². The van der Waals surface area contributed by atoms with Gasteiger partial charge in [0.05, 0.1) is 6.33 Å². The molecule has 1 aliphatic rings. The Morgan fingerprint density at radius 3 is 2.48 bits per heavy atom. The summed E-state index contributed by atoms with van der Waals surface area (Å²) in [6.45, 7) is 4.18. The zero-order valence-corrected chi connectivity index (χ0v) is 14.6. The second kappa shape index (κ2) is 8.00. The number of halogens is 2. The van der Waals surface area contributed by atoms with E-state index in [0.29, 0.717) is 10.3 Å². The minimum Gasteiger partial charge on any atom is -0.320 e. The van der Waals surface area contributed by atoms with E-state index < -0.39 is 0 Å². The zero-order chi connectivity index (χ0) is 16.1. The largest absolute Gasteiger partial charge is 0.320 e. The number of unbranched alkanes of at least 4 members (excludes halogenated alkanes) is 1. The summed E-state index contributed by atoms with van der Waals surface area (Å²) < 4.78 is 1.91. The summed E-state index contributed by atoms with van der Waals surface area (Å²) in [6, 6.07) is 10.7. The van der Waals surface area contributed by atoms with Crippen LogP contribution in [0.2, 0.25) is 10.3 Å². The Hall–Kier alpha value is -1.29. The van der Waals surface area contributed by atoms with Crippen LogP contribution in [0.15, 0.2) is 42.7 Å². The van der Waals surface area contributed by atoms with Crippen molar-refractivity contribution < 1.29 is 0 Å². The van der Waals surface area contributed by atoms with E-state index in [1.165, 1.54) is 11.1 Å². The van der Waals surface area contributed by atoms with Crippen molar-refractivity contribution in [3.05, 3.63) is 58.6 Å². The Bertz CT molecular complexity index is 664. The smallest absolute Gasteiger partial charge is 0.166 e. The van der Waals surface area contributed by atoms with Crippen LogP contribution in [0.3, 0.4) is 0 Å². The summed E-state index contributed by atoms with van der Waals surface area (Å²) in [5.41, 5.74) is 2.83. The molecule has 0 atom stereocenters. The highest BCUT2D eigenvalue weighted by Crippen LogP contribution is 2.22. The Kier molecular flexibility index (Phi) is 5.76. The van der Waals surface area contributed by atoms with Crippen LogP contribution in [0.1, 0.15) is 24.8 Å². The van der Waals surface area contributed by atoms with Crippen LogP contribution in [-0.2, 0) is 6.54 Å². The second-order valence-corrected chi connectivity index (χ2v) is 6.59. The van der Waals surface area contributed by atoms with Gasteiger partial charge in [-0.1, -0.05) is 59.6 Å². The van der Waals surface area contributed by atoms with Crippen LogP contribution in [0.5, 0.6) is 0 Å². The predicted octanol–water partition coefficient (Wildman–Crippen LogP) is 4.76. The number of nitrogens with zero attached hydrogens (tertiary/aromatic N) is 3. The average Bonchev–Trinajstić information content (AvgIpc) is 2.92. The van der Waals surface area contributed by atoms with Crippen LogP contribution < -0.4 is 0 Å². The lowest BCUT2D eigenvalue weighted by atomic mass is 9.99. The van der Waals surface area contributed by atoms with Crippen molar-refractivity contribution in [2.75, 3.05) is 19.6 Å². The highest BCUT2D eigenvalue weighted by molar-refractivity contribution is 6.40. The summed E-state index contributed by atoms with van der Waals surface area (Å²) in [7, 11) is 0. The molecule has 2 aromatic rings. The van der Waals surface area contributed by atoms with Gasteiger partial charge in [0.15, 0.2) is 5.15 Å². The molecule has 2 heterocycles. The minimum atomic E-state index is 0.390. The molecule has 0 saturated heterocycles. The third kappa shape index (κ3) is 4.37. The molecule has 1 aliphatic heterocycles. The van der Waals surface area contributed by atoms with Gasteiger partial charge >= 0.3 is 0 Å². The summed E-state index contributed by atoms with van der Waals surface area (Å²) >= 11 is 11.9. The molecule has 0 bridgehead atoms. The molecule has 23 heavy (non-hydrogen) atoms. The van der Waals surface area contributed by atoms with E-state index in [0.717, 1.165) is 45.4 Å². The van der Waals surface area contributed by atoms with Crippen molar-refractivity contribution in [3.8, 4) is 0 Å². The lowest BCUT2D eigenvalue weighted by Crippen LogP contribution is -2.29. The van der Waals surface area contributed by atoms with Gasteiger partial charge in [-0.25, -0.2) is 4.98 Å². The van der Waals surface area contributed by atoms with Crippen molar-refractivity contribution in [3.63, 3.8) is 0 Å². The Morgan fingerprint density at radius 2 is 1.83 bits per heavy atom. The number of hydrogen-bond acceptors (Lipinski definition) is 2. The van der Waals surface area contributed by atoms with Crippen molar-refractivity contribution in [1.82, 2.24) is 14.5 Å². The highest BCUT2D eigenvalue weighted by atomic mass is 35.5. The van der Waals surface area contributed by atoms with Gasteiger partial charge in [-0.05, 0) is 36.9 Å².